The maximum Gasteiger partial charge on any atom is 0.118 e. The fourth-order valence-corrected chi connectivity index (χ4v) is 2.09. The number of hydrogen-bond donors (Lipinski definition) is 0. The highest BCUT2D eigenvalue weighted by Crippen LogP contribution is 2.15. The lowest BCUT2D eigenvalue weighted by molar-refractivity contribution is 0.414. The monoisotopic (exact) mass is 240 g/mol. The summed E-state index contributed by atoms with van der Waals surface area (Å²) >= 11 is 0. The smallest absolute Gasteiger partial charge is 0.118 e. The van der Waals surface area contributed by atoms with Gasteiger partial charge in [-0.1, -0.05) is 49.7 Å². The van der Waals surface area contributed by atoms with Crippen molar-refractivity contribution < 1.29 is 4.74 Å². The van der Waals surface area contributed by atoms with Crippen LogP contribution in [0.15, 0.2) is 48.5 Å². The summed E-state index contributed by atoms with van der Waals surface area (Å²) in [5.74, 6) is 0.914. The standard InChI is InChI=1S/C17H20O/c1-3-4-14-5-7-15(8-6-14)13-16-9-11-17(18-2)12-10-16/h5-12H,3-4,13H2,1-2H3. The van der Waals surface area contributed by atoms with E-state index in [0.29, 0.717) is 0 Å². The predicted octanol–water partition coefficient (Wildman–Crippen LogP) is 4.24. The Morgan fingerprint density at radius 3 is 1.78 bits per heavy atom. The lowest BCUT2D eigenvalue weighted by Crippen LogP contribution is -1.90. The van der Waals surface area contributed by atoms with Crippen molar-refractivity contribution in [3.63, 3.8) is 0 Å². The van der Waals surface area contributed by atoms with E-state index < -0.39 is 0 Å². The van der Waals surface area contributed by atoms with Crippen molar-refractivity contribution in [2.24, 2.45) is 0 Å². The van der Waals surface area contributed by atoms with Gasteiger partial charge in [0.2, 0.25) is 0 Å². The third kappa shape index (κ3) is 3.36. The van der Waals surface area contributed by atoms with E-state index in [2.05, 4.69) is 43.3 Å². The van der Waals surface area contributed by atoms with Gasteiger partial charge in [-0.25, -0.2) is 0 Å². The molecule has 0 aromatic heterocycles. The summed E-state index contributed by atoms with van der Waals surface area (Å²) in [7, 11) is 1.70. The third-order valence-electron chi connectivity index (χ3n) is 3.13. The Morgan fingerprint density at radius 1 is 0.778 bits per heavy atom. The highest BCUT2D eigenvalue weighted by atomic mass is 16.5. The molecule has 2 aromatic rings. The quantitative estimate of drug-likeness (QED) is 0.759. The number of rotatable bonds is 5. The molecule has 0 bridgehead atoms. The third-order valence-corrected chi connectivity index (χ3v) is 3.13. The summed E-state index contributed by atoms with van der Waals surface area (Å²) in [6.45, 7) is 2.21. The fraction of sp³-hybridized carbons (Fsp3) is 0.294. The summed E-state index contributed by atoms with van der Waals surface area (Å²) < 4.78 is 5.16. The normalized spacial score (nSPS) is 10.3. The molecule has 94 valence electrons. The fourth-order valence-electron chi connectivity index (χ4n) is 2.09. The van der Waals surface area contributed by atoms with Gasteiger partial charge in [-0.15, -0.1) is 0 Å². The molecular weight excluding hydrogens is 220 g/mol. The van der Waals surface area contributed by atoms with Gasteiger partial charge in [0.25, 0.3) is 0 Å². The van der Waals surface area contributed by atoms with Gasteiger partial charge in [0.15, 0.2) is 0 Å². The van der Waals surface area contributed by atoms with Crippen LogP contribution in [0.1, 0.15) is 30.0 Å². The summed E-state index contributed by atoms with van der Waals surface area (Å²) in [5, 5.41) is 0. The molecule has 0 unspecified atom stereocenters. The van der Waals surface area contributed by atoms with E-state index in [1.165, 1.54) is 29.5 Å². The molecule has 0 radical (unpaired) electrons. The van der Waals surface area contributed by atoms with Crippen molar-refractivity contribution >= 4 is 0 Å². The lowest BCUT2D eigenvalue weighted by Gasteiger charge is -2.05. The van der Waals surface area contributed by atoms with Gasteiger partial charge in [-0.3, -0.25) is 0 Å². The molecule has 0 saturated carbocycles. The molecule has 0 spiro atoms. The molecule has 0 aliphatic heterocycles. The number of benzene rings is 2. The second kappa shape index (κ2) is 6.25. The molecule has 2 rings (SSSR count). The highest BCUT2D eigenvalue weighted by Gasteiger charge is 1.98. The van der Waals surface area contributed by atoms with Crippen molar-refractivity contribution in [1.29, 1.82) is 0 Å². The first-order valence-electron chi connectivity index (χ1n) is 6.52. The van der Waals surface area contributed by atoms with Crippen LogP contribution in [-0.4, -0.2) is 7.11 Å². The topological polar surface area (TPSA) is 9.23 Å². The summed E-state index contributed by atoms with van der Waals surface area (Å²) in [6, 6.07) is 17.2. The number of hydrogen-bond acceptors (Lipinski definition) is 1. The Hall–Kier alpha value is -1.76. The molecule has 0 N–H and O–H groups in total. The first-order chi connectivity index (χ1) is 8.81. The van der Waals surface area contributed by atoms with Crippen LogP contribution in [0.2, 0.25) is 0 Å². The van der Waals surface area contributed by atoms with Gasteiger partial charge >= 0.3 is 0 Å². The number of ether oxygens (including phenoxy) is 1. The molecule has 0 aliphatic rings. The minimum absolute atomic E-state index is 0.914. The second-order valence-electron chi connectivity index (χ2n) is 4.59. The van der Waals surface area contributed by atoms with Crippen molar-refractivity contribution in [2.45, 2.75) is 26.2 Å². The molecule has 0 atom stereocenters. The largest absolute Gasteiger partial charge is 0.497 e. The van der Waals surface area contributed by atoms with Crippen LogP contribution >= 0.6 is 0 Å². The molecule has 1 heteroatoms. The van der Waals surface area contributed by atoms with Crippen LogP contribution in [-0.2, 0) is 12.8 Å². The zero-order valence-electron chi connectivity index (χ0n) is 11.1. The zero-order chi connectivity index (χ0) is 12.8. The van der Waals surface area contributed by atoms with Crippen LogP contribution < -0.4 is 4.74 Å². The average molecular weight is 240 g/mol. The van der Waals surface area contributed by atoms with E-state index in [-0.39, 0.29) is 0 Å². The van der Waals surface area contributed by atoms with Crippen LogP contribution in [0.4, 0.5) is 0 Å². The van der Waals surface area contributed by atoms with E-state index in [1.54, 1.807) is 7.11 Å². The van der Waals surface area contributed by atoms with E-state index in [0.717, 1.165) is 12.2 Å². The summed E-state index contributed by atoms with van der Waals surface area (Å²) in [4.78, 5) is 0. The maximum absolute atomic E-state index is 5.16. The van der Waals surface area contributed by atoms with Gasteiger partial charge < -0.3 is 4.74 Å². The van der Waals surface area contributed by atoms with Gasteiger partial charge in [-0.05, 0) is 41.7 Å². The van der Waals surface area contributed by atoms with Crippen molar-refractivity contribution in [3.8, 4) is 5.75 Å². The molecule has 0 saturated heterocycles. The Balaban J connectivity index is 2.03. The lowest BCUT2D eigenvalue weighted by atomic mass is 10.0. The molecule has 0 heterocycles. The summed E-state index contributed by atoms with van der Waals surface area (Å²) in [5.41, 5.74) is 4.11. The SMILES string of the molecule is CCCc1ccc(Cc2ccc(OC)cc2)cc1. The Labute approximate surface area is 109 Å². The number of aryl methyl sites for hydroxylation is 1. The predicted molar refractivity (Wildman–Crippen MR) is 76.2 cm³/mol. The number of methoxy groups -OCH3 is 1. The zero-order valence-corrected chi connectivity index (χ0v) is 11.1. The first-order valence-corrected chi connectivity index (χ1v) is 6.52. The summed E-state index contributed by atoms with van der Waals surface area (Å²) in [6.07, 6.45) is 3.36. The molecule has 18 heavy (non-hydrogen) atoms. The van der Waals surface area contributed by atoms with Gasteiger partial charge in [0.05, 0.1) is 7.11 Å². The molecule has 0 aliphatic carbocycles. The Morgan fingerprint density at radius 2 is 1.28 bits per heavy atom. The van der Waals surface area contributed by atoms with Crippen molar-refractivity contribution in [1.82, 2.24) is 0 Å². The van der Waals surface area contributed by atoms with Crippen molar-refractivity contribution in [2.75, 3.05) is 7.11 Å². The molecule has 0 fully saturated rings. The minimum atomic E-state index is 0.914. The average Bonchev–Trinajstić information content (AvgIpc) is 2.42. The van der Waals surface area contributed by atoms with Crippen LogP contribution in [0.25, 0.3) is 0 Å². The molecular formula is C17H20O. The maximum atomic E-state index is 5.16. The van der Waals surface area contributed by atoms with Gasteiger partial charge in [0, 0.05) is 0 Å². The van der Waals surface area contributed by atoms with Gasteiger partial charge in [-0.2, -0.15) is 0 Å². The first kappa shape index (κ1) is 12.7. The Bertz CT molecular complexity index is 468. The van der Waals surface area contributed by atoms with Crippen LogP contribution in [0.5, 0.6) is 5.75 Å². The van der Waals surface area contributed by atoms with Gasteiger partial charge in [0.1, 0.15) is 5.75 Å². The molecule has 1 nitrogen and oxygen atoms in total. The van der Waals surface area contributed by atoms with E-state index in [1.807, 2.05) is 12.1 Å². The van der Waals surface area contributed by atoms with E-state index in [9.17, 15) is 0 Å². The van der Waals surface area contributed by atoms with Crippen molar-refractivity contribution in [3.05, 3.63) is 65.2 Å². The minimum Gasteiger partial charge on any atom is -0.497 e. The van der Waals surface area contributed by atoms with Crippen LogP contribution in [0, 0.1) is 0 Å². The Kier molecular flexibility index (Phi) is 4.40. The van der Waals surface area contributed by atoms with E-state index in [4.69, 9.17) is 4.74 Å². The molecule has 2 aromatic carbocycles. The second-order valence-corrected chi connectivity index (χ2v) is 4.59. The van der Waals surface area contributed by atoms with Crippen LogP contribution in [0.3, 0.4) is 0 Å². The molecule has 0 amide bonds. The highest BCUT2D eigenvalue weighted by molar-refractivity contribution is 5.32. The van der Waals surface area contributed by atoms with E-state index >= 15 is 0 Å².